The molecule has 1 aromatic rings. The summed E-state index contributed by atoms with van der Waals surface area (Å²) in [6.45, 7) is 0. The van der Waals surface area contributed by atoms with Gasteiger partial charge in [-0.05, 0) is 30.5 Å². The monoisotopic (exact) mass is 297 g/mol. The molecule has 15 heavy (non-hydrogen) atoms. The van der Waals surface area contributed by atoms with E-state index < -0.39 is 6.05 Å². The Kier molecular flexibility index (Phi) is 4.49. The van der Waals surface area contributed by atoms with Gasteiger partial charge >= 0.3 is 0 Å². The molecule has 0 saturated carbocycles. The predicted octanol–water partition coefficient (Wildman–Crippen LogP) is 3.98. The average Bonchev–Trinajstić information content (AvgIpc) is 2.07. The molecule has 0 spiro atoms. The van der Waals surface area contributed by atoms with Crippen LogP contribution in [0, 0.1) is 0 Å². The van der Waals surface area contributed by atoms with Crippen molar-refractivity contribution in [2.45, 2.75) is 25.3 Å². The van der Waals surface area contributed by atoms with E-state index in [1.807, 2.05) is 6.07 Å². The molecule has 0 amide bonds. The van der Waals surface area contributed by atoms with E-state index in [-0.39, 0.29) is 6.42 Å². The predicted molar refractivity (Wildman–Crippen MR) is 61.2 cm³/mol. The summed E-state index contributed by atoms with van der Waals surface area (Å²) in [5, 5.41) is 0.620. The van der Waals surface area contributed by atoms with E-state index in [1.54, 1.807) is 12.1 Å². The van der Waals surface area contributed by atoms with Gasteiger partial charge in [-0.2, -0.15) is 8.78 Å². The maximum absolute atomic E-state index is 12.3. The lowest BCUT2D eigenvalue weighted by Gasteiger charge is -2.10. The zero-order valence-electron chi connectivity index (χ0n) is 7.94. The number of nitrogens with two attached hydrogens (primary N) is 1. The van der Waals surface area contributed by atoms with E-state index in [2.05, 4.69) is 21.7 Å². The summed E-state index contributed by atoms with van der Waals surface area (Å²) in [5.74, 6) is 0. The lowest BCUT2D eigenvalue weighted by atomic mass is 10.1. The Bertz CT molecular complexity index is 339. The van der Waals surface area contributed by atoms with Crippen molar-refractivity contribution < 1.29 is 8.78 Å². The minimum absolute atomic E-state index is 0.304. The minimum atomic E-state index is -3.07. The van der Waals surface area contributed by atoms with E-state index in [9.17, 15) is 8.78 Å². The zero-order valence-corrected chi connectivity index (χ0v) is 10.3. The lowest BCUT2D eigenvalue weighted by Crippen LogP contribution is -2.28. The van der Waals surface area contributed by atoms with Crippen molar-refractivity contribution >= 4 is 27.5 Å². The quantitative estimate of drug-likeness (QED) is 0.836. The Morgan fingerprint density at radius 1 is 1.40 bits per heavy atom. The van der Waals surface area contributed by atoms with Crippen LogP contribution in [0.25, 0.3) is 0 Å². The van der Waals surface area contributed by atoms with Gasteiger partial charge in [-0.25, -0.2) is 0 Å². The largest absolute Gasteiger partial charge is 0.300 e. The highest BCUT2D eigenvalue weighted by Crippen LogP contribution is 2.24. The smallest absolute Gasteiger partial charge is 0.272 e. The molecule has 1 aromatic carbocycles. The molecule has 1 rings (SSSR count). The van der Waals surface area contributed by atoms with Crippen molar-refractivity contribution in [3.8, 4) is 0 Å². The van der Waals surface area contributed by atoms with Crippen LogP contribution >= 0.6 is 27.5 Å². The van der Waals surface area contributed by atoms with Crippen LogP contribution < -0.4 is 5.73 Å². The molecule has 0 atom stereocenters. The normalized spacial score (nSPS) is 11.8. The van der Waals surface area contributed by atoms with Crippen LogP contribution in [0.15, 0.2) is 22.7 Å². The molecule has 0 saturated heterocycles. The van der Waals surface area contributed by atoms with Crippen molar-refractivity contribution in [2.75, 3.05) is 0 Å². The first-order valence-electron chi connectivity index (χ1n) is 4.49. The number of benzene rings is 1. The minimum Gasteiger partial charge on any atom is -0.272 e. The third kappa shape index (κ3) is 4.91. The average molecular weight is 299 g/mol. The molecule has 0 radical (unpaired) electrons. The number of aryl methyl sites for hydroxylation is 1. The fourth-order valence-corrected chi connectivity index (χ4v) is 2.12. The second-order valence-corrected chi connectivity index (χ2v) is 4.64. The molecule has 0 bridgehead atoms. The SMILES string of the molecule is NC(F)(F)CCCc1ccc(Cl)cc1Br. The molecule has 0 heterocycles. The summed E-state index contributed by atoms with van der Waals surface area (Å²) in [6, 6.07) is 2.24. The summed E-state index contributed by atoms with van der Waals surface area (Å²) >= 11 is 9.08. The highest BCUT2D eigenvalue weighted by Gasteiger charge is 2.20. The highest BCUT2D eigenvalue weighted by atomic mass is 79.9. The van der Waals surface area contributed by atoms with E-state index in [0.29, 0.717) is 17.9 Å². The van der Waals surface area contributed by atoms with Gasteiger partial charge in [0.2, 0.25) is 0 Å². The summed E-state index contributed by atoms with van der Waals surface area (Å²) in [7, 11) is 0. The third-order valence-electron chi connectivity index (χ3n) is 1.97. The van der Waals surface area contributed by atoms with Crippen molar-refractivity contribution in [1.29, 1.82) is 0 Å². The standard InChI is InChI=1S/C10H11BrClF2N/c11-9-6-8(12)4-3-7(9)2-1-5-10(13,14)15/h3-4,6H,1-2,5,15H2. The molecule has 5 heteroatoms. The maximum atomic E-state index is 12.3. The molecular formula is C10H11BrClF2N. The van der Waals surface area contributed by atoms with E-state index in [1.165, 1.54) is 0 Å². The highest BCUT2D eigenvalue weighted by molar-refractivity contribution is 9.10. The Morgan fingerprint density at radius 2 is 2.07 bits per heavy atom. The van der Waals surface area contributed by atoms with Crippen LogP contribution in [0.4, 0.5) is 8.78 Å². The van der Waals surface area contributed by atoms with Crippen molar-refractivity contribution in [3.05, 3.63) is 33.3 Å². The van der Waals surface area contributed by atoms with Crippen LogP contribution in [0.1, 0.15) is 18.4 Å². The molecule has 0 unspecified atom stereocenters. The first-order valence-corrected chi connectivity index (χ1v) is 5.66. The number of halogens is 4. The Labute approximate surface area is 101 Å². The Balaban J connectivity index is 2.51. The van der Waals surface area contributed by atoms with Gasteiger partial charge in [-0.3, -0.25) is 5.73 Å². The molecule has 0 aliphatic carbocycles. The zero-order chi connectivity index (χ0) is 11.5. The van der Waals surface area contributed by atoms with Gasteiger partial charge < -0.3 is 0 Å². The number of alkyl halides is 2. The fourth-order valence-electron chi connectivity index (χ4n) is 1.24. The van der Waals surface area contributed by atoms with Crippen LogP contribution in [0.2, 0.25) is 5.02 Å². The number of hydrogen-bond donors (Lipinski definition) is 1. The van der Waals surface area contributed by atoms with Crippen molar-refractivity contribution in [1.82, 2.24) is 0 Å². The van der Waals surface area contributed by atoms with Crippen molar-refractivity contribution in [3.63, 3.8) is 0 Å². The molecule has 0 aliphatic rings. The molecule has 2 N–H and O–H groups in total. The summed E-state index contributed by atoms with van der Waals surface area (Å²) in [4.78, 5) is 0. The summed E-state index contributed by atoms with van der Waals surface area (Å²) in [5.41, 5.74) is 5.56. The number of hydrogen-bond acceptors (Lipinski definition) is 1. The van der Waals surface area contributed by atoms with E-state index in [0.717, 1.165) is 10.0 Å². The fraction of sp³-hybridized carbons (Fsp3) is 0.400. The van der Waals surface area contributed by atoms with Gasteiger partial charge in [0.15, 0.2) is 0 Å². The number of rotatable bonds is 4. The third-order valence-corrected chi connectivity index (χ3v) is 2.94. The molecule has 1 nitrogen and oxygen atoms in total. The van der Waals surface area contributed by atoms with Crippen molar-refractivity contribution in [2.24, 2.45) is 5.73 Å². The van der Waals surface area contributed by atoms with Gasteiger partial charge in [0.1, 0.15) is 0 Å². The van der Waals surface area contributed by atoms with Gasteiger partial charge in [-0.1, -0.05) is 33.6 Å². The van der Waals surface area contributed by atoms with Crippen LogP contribution in [0.3, 0.4) is 0 Å². The van der Waals surface area contributed by atoms with Crippen LogP contribution in [0.5, 0.6) is 0 Å². The second-order valence-electron chi connectivity index (χ2n) is 3.35. The second kappa shape index (κ2) is 5.23. The van der Waals surface area contributed by atoms with Crippen LogP contribution in [-0.2, 0) is 6.42 Å². The summed E-state index contributed by atoms with van der Waals surface area (Å²) in [6.07, 6.45) is 0.607. The summed E-state index contributed by atoms with van der Waals surface area (Å²) < 4.78 is 25.5. The molecule has 0 aliphatic heterocycles. The molecule has 84 valence electrons. The first kappa shape index (κ1) is 12.9. The topological polar surface area (TPSA) is 26.0 Å². The van der Waals surface area contributed by atoms with Gasteiger partial charge in [0.25, 0.3) is 6.05 Å². The maximum Gasteiger partial charge on any atom is 0.300 e. The van der Waals surface area contributed by atoms with Crippen LogP contribution in [-0.4, -0.2) is 6.05 Å². The van der Waals surface area contributed by atoms with E-state index >= 15 is 0 Å². The van der Waals surface area contributed by atoms with Gasteiger partial charge in [-0.15, -0.1) is 0 Å². The molecular weight excluding hydrogens is 287 g/mol. The van der Waals surface area contributed by atoms with E-state index in [4.69, 9.17) is 11.6 Å². The van der Waals surface area contributed by atoms with Gasteiger partial charge in [0.05, 0.1) is 0 Å². The lowest BCUT2D eigenvalue weighted by molar-refractivity contribution is -0.00248. The first-order chi connectivity index (χ1) is 6.88. The Morgan fingerprint density at radius 3 is 2.60 bits per heavy atom. The molecule has 0 aromatic heterocycles. The Hall–Kier alpha value is -0.190. The molecule has 0 fully saturated rings. The van der Waals surface area contributed by atoms with Gasteiger partial charge in [0, 0.05) is 15.9 Å².